The predicted octanol–water partition coefficient (Wildman–Crippen LogP) is 3.19. The van der Waals surface area contributed by atoms with E-state index in [1.807, 2.05) is 6.07 Å². The first kappa shape index (κ1) is 11.5. The molecule has 1 unspecified atom stereocenters. The zero-order chi connectivity index (χ0) is 11.5. The molecule has 1 saturated carbocycles. The van der Waals surface area contributed by atoms with Crippen molar-refractivity contribution in [1.82, 2.24) is 0 Å². The summed E-state index contributed by atoms with van der Waals surface area (Å²) in [7, 11) is 1.71. The van der Waals surface area contributed by atoms with Gasteiger partial charge in [-0.2, -0.15) is 0 Å². The third kappa shape index (κ3) is 2.76. The molecule has 0 aromatic heterocycles. The van der Waals surface area contributed by atoms with Crippen LogP contribution in [0.15, 0.2) is 18.2 Å². The van der Waals surface area contributed by atoms with Gasteiger partial charge in [0, 0.05) is 11.6 Å². The number of aryl methyl sites for hydroxylation is 1. The lowest BCUT2D eigenvalue weighted by Gasteiger charge is -2.16. The van der Waals surface area contributed by atoms with Crippen LogP contribution in [-0.4, -0.2) is 7.11 Å². The SMILES string of the molecule is COc1ccc(C)cc1C(N)CCC1CC1. The largest absolute Gasteiger partial charge is 0.496 e. The van der Waals surface area contributed by atoms with Crippen molar-refractivity contribution in [1.29, 1.82) is 0 Å². The summed E-state index contributed by atoms with van der Waals surface area (Å²) in [4.78, 5) is 0. The number of ether oxygens (including phenoxy) is 1. The van der Waals surface area contributed by atoms with E-state index in [-0.39, 0.29) is 6.04 Å². The van der Waals surface area contributed by atoms with Gasteiger partial charge in [-0.1, -0.05) is 30.5 Å². The minimum atomic E-state index is 0.121. The van der Waals surface area contributed by atoms with Gasteiger partial charge in [0.05, 0.1) is 7.11 Å². The standard InChI is InChI=1S/C14H21NO/c1-10-3-8-14(16-2)12(9-10)13(15)7-6-11-4-5-11/h3,8-9,11,13H,4-7,15H2,1-2H3. The summed E-state index contributed by atoms with van der Waals surface area (Å²) in [5.74, 6) is 1.87. The Labute approximate surface area is 97.8 Å². The number of benzene rings is 1. The van der Waals surface area contributed by atoms with Crippen molar-refractivity contribution in [2.45, 2.75) is 38.6 Å². The van der Waals surface area contributed by atoms with Gasteiger partial charge in [-0.25, -0.2) is 0 Å². The van der Waals surface area contributed by atoms with Gasteiger partial charge in [0.15, 0.2) is 0 Å². The first-order valence-electron chi connectivity index (χ1n) is 6.11. The van der Waals surface area contributed by atoms with Crippen molar-refractivity contribution < 1.29 is 4.74 Å². The van der Waals surface area contributed by atoms with Crippen LogP contribution in [0.1, 0.15) is 42.9 Å². The molecule has 2 nitrogen and oxygen atoms in total. The van der Waals surface area contributed by atoms with Gasteiger partial charge >= 0.3 is 0 Å². The Balaban J connectivity index is 2.06. The lowest BCUT2D eigenvalue weighted by atomic mass is 9.99. The maximum absolute atomic E-state index is 6.24. The quantitative estimate of drug-likeness (QED) is 0.825. The summed E-state index contributed by atoms with van der Waals surface area (Å²) in [5.41, 5.74) is 8.64. The maximum atomic E-state index is 6.24. The van der Waals surface area contributed by atoms with E-state index in [4.69, 9.17) is 10.5 Å². The van der Waals surface area contributed by atoms with Gasteiger partial charge in [0.2, 0.25) is 0 Å². The first-order chi connectivity index (χ1) is 7.70. The Morgan fingerprint density at radius 1 is 1.44 bits per heavy atom. The fraction of sp³-hybridized carbons (Fsp3) is 0.571. The maximum Gasteiger partial charge on any atom is 0.123 e. The van der Waals surface area contributed by atoms with Crippen molar-refractivity contribution in [3.8, 4) is 5.75 Å². The highest BCUT2D eigenvalue weighted by Gasteiger charge is 2.22. The molecule has 1 fully saturated rings. The Morgan fingerprint density at radius 3 is 2.81 bits per heavy atom. The predicted molar refractivity (Wildman–Crippen MR) is 66.6 cm³/mol. The van der Waals surface area contributed by atoms with Gasteiger partial charge in [-0.15, -0.1) is 0 Å². The molecule has 0 aliphatic heterocycles. The second-order valence-corrected chi connectivity index (χ2v) is 4.87. The van der Waals surface area contributed by atoms with Gasteiger partial charge in [0.25, 0.3) is 0 Å². The number of methoxy groups -OCH3 is 1. The van der Waals surface area contributed by atoms with E-state index in [1.165, 1.54) is 24.8 Å². The van der Waals surface area contributed by atoms with Crippen molar-refractivity contribution in [3.05, 3.63) is 29.3 Å². The molecule has 16 heavy (non-hydrogen) atoms. The van der Waals surface area contributed by atoms with Crippen LogP contribution in [0.3, 0.4) is 0 Å². The van der Waals surface area contributed by atoms with Gasteiger partial charge in [-0.3, -0.25) is 0 Å². The van der Waals surface area contributed by atoms with E-state index in [9.17, 15) is 0 Å². The molecule has 0 heterocycles. The molecule has 0 bridgehead atoms. The number of nitrogens with two attached hydrogens (primary N) is 1. The Morgan fingerprint density at radius 2 is 2.19 bits per heavy atom. The van der Waals surface area contributed by atoms with Crippen molar-refractivity contribution >= 4 is 0 Å². The molecular weight excluding hydrogens is 198 g/mol. The third-order valence-electron chi connectivity index (χ3n) is 3.37. The highest BCUT2D eigenvalue weighted by atomic mass is 16.5. The van der Waals surface area contributed by atoms with E-state index in [2.05, 4.69) is 19.1 Å². The zero-order valence-electron chi connectivity index (χ0n) is 10.2. The first-order valence-corrected chi connectivity index (χ1v) is 6.11. The molecule has 0 saturated heterocycles. The number of hydrogen-bond donors (Lipinski definition) is 1. The van der Waals surface area contributed by atoms with E-state index in [1.54, 1.807) is 7.11 Å². The summed E-state index contributed by atoms with van der Waals surface area (Å²) >= 11 is 0. The van der Waals surface area contributed by atoms with E-state index < -0.39 is 0 Å². The van der Waals surface area contributed by atoms with Crippen LogP contribution < -0.4 is 10.5 Å². The number of rotatable bonds is 5. The molecule has 0 radical (unpaired) electrons. The second kappa shape index (κ2) is 4.88. The molecule has 1 aliphatic carbocycles. The van der Waals surface area contributed by atoms with E-state index in [0.717, 1.165) is 23.7 Å². The van der Waals surface area contributed by atoms with Crippen LogP contribution in [0.4, 0.5) is 0 Å². The van der Waals surface area contributed by atoms with E-state index >= 15 is 0 Å². The Hall–Kier alpha value is -1.02. The topological polar surface area (TPSA) is 35.2 Å². The van der Waals surface area contributed by atoms with Crippen LogP contribution in [0.5, 0.6) is 5.75 Å². The molecule has 2 heteroatoms. The van der Waals surface area contributed by atoms with Gasteiger partial charge in [0.1, 0.15) is 5.75 Å². The van der Waals surface area contributed by atoms with E-state index in [0.29, 0.717) is 0 Å². The summed E-state index contributed by atoms with van der Waals surface area (Å²) in [5, 5.41) is 0. The minimum absolute atomic E-state index is 0.121. The van der Waals surface area contributed by atoms with Crippen LogP contribution in [0.25, 0.3) is 0 Å². The minimum Gasteiger partial charge on any atom is -0.496 e. The summed E-state index contributed by atoms with van der Waals surface area (Å²) in [6.45, 7) is 2.09. The third-order valence-corrected chi connectivity index (χ3v) is 3.37. The van der Waals surface area contributed by atoms with Gasteiger partial charge < -0.3 is 10.5 Å². The smallest absolute Gasteiger partial charge is 0.123 e. The normalized spacial score (nSPS) is 17.2. The molecule has 2 rings (SSSR count). The molecule has 2 N–H and O–H groups in total. The van der Waals surface area contributed by atoms with Crippen LogP contribution in [-0.2, 0) is 0 Å². The van der Waals surface area contributed by atoms with Crippen LogP contribution >= 0.6 is 0 Å². The molecule has 0 amide bonds. The lowest BCUT2D eigenvalue weighted by molar-refractivity contribution is 0.402. The van der Waals surface area contributed by atoms with Crippen molar-refractivity contribution in [2.24, 2.45) is 11.7 Å². The highest BCUT2D eigenvalue weighted by Crippen LogP contribution is 2.36. The van der Waals surface area contributed by atoms with Crippen molar-refractivity contribution in [2.75, 3.05) is 7.11 Å². The molecular formula is C14H21NO. The molecule has 1 aromatic rings. The second-order valence-electron chi connectivity index (χ2n) is 4.87. The van der Waals surface area contributed by atoms with Crippen LogP contribution in [0, 0.1) is 12.8 Å². The number of hydrogen-bond acceptors (Lipinski definition) is 2. The fourth-order valence-corrected chi connectivity index (χ4v) is 2.12. The fourth-order valence-electron chi connectivity index (χ4n) is 2.12. The Bertz CT molecular complexity index is 358. The zero-order valence-corrected chi connectivity index (χ0v) is 10.2. The highest BCUT2D eigenvalue weighted by molar-refractivity contribution is 5.38. The van der Waals surface area contributed by atoms with Crippen molar-refractivity contribution in [3.63, 3.8) is 0 Å². The summed E-state index contributed by atoms with van der Waals surface area (Å²) in [6.07, 6.45) is 5.14. The lowest BCUT2D eigenvalue weighted by Crippen LogP contribution is -2.12. The summed E-state index contributed by atoms with van der Waals surface area (Å²) in [6, 6.07) is 6.35. The Kier molecular flexibility index (Phi) is 3.49. The molecule has 1 aliphatic rings. The molecule has 88 valence electrons. The average Bonchev–Trinajstić information content (AvgIpc) is 3.09. The monoisotopic (exact) mass is 219 g/mol. The molecule has 0 spiro atoms. The molecule has 1 atom stereocenters. The average molecular weight is 219 g/mol. The van der Waals surface area contributed by atoms with Crippen LogP contribution in [0.2, 0.25) is 0 Å². The summed E-state index contributed by atoms with van der Waals surface area (Å²) < 4.78 is 5.36. The molecule has 1 aromatic carbocycles. The van der Waals surface area contributed by atoms with Gasteiger partial charge in [-0.05, 0) is 31.7 Å².